The van der Waals surface area contributed by atoms with E-state index in [1.807, 2.05) is 19.1 Å². The second-order valence-corrected chi connectivity index (χ2v) is 18.0. The topological polar surface area (TPSA) is 190 Å². The van der Waals surface area contributed by atoms with Gasteiger partial charge in [0.05, 0.1) is 28.0 Å². The fourth-order valence-electron chi connectivity index (χ4n) is 7.24. The van der Waals surface area contributed by atoms with Crippen molar-refractivity contribution in [3.63, 3.8) is 0 Å². The minimum absolute atomic E-state index is 0.0169. The van der Waals surface area contributed by atoms with Gasteiger partial charge in [0.1, 0.15) is 39.8 Å². The maximum absolute atomic E-state index is 14.8. The van der Waals surface area contributed by atoms with Crippen LogP contribution in [0.5, 0.6) is 5.88 Å². The highest BCUT2D eigenvalue weighted by atomic mass is 32.2. The zero-order valence-electron chi connectivity index (χ0n) is 30.4. The smallest absolute Gasteiger partial charge is 0.263 e. The number of hydrogen-bond acceptors (Lipinski definition) is 11. The maximum Gasteiger partial charge on any atom is 0.263 e. The van der Waals surface area contributed by atoms with Gasteiger partial charge in [-0.2, -0.15) is 0 Å². The van der Waals surface area contributed by atoms with E-state index in [0.29, 0.717) is 60.3 Å². The summed E-state index contributed by atoms with van der Waals surface area (Å²) >= 11 is 1.16. The van der Waals surface area contributed by atoms with Crippen molar-refractivity contribution in [2.24, 2.45) is 5.92 Å². The molecule has 4 heterocycles. The van der Waals surface area contributed by atoms with E-state index in [2.05, 4.69) is 30.3 Å². The highest BCUT2D eigenvalue weighted by molar-refractivity contribution is 7.91. The van der Waals surface area contributed by atoms with Crippen molar-refractivity contribution in [2.45, 2.75) is 113 Å². The Labute approximate surface area is 316 Å². The van der Waals surface area contributed by atoms with Gasteiger partial charge in [-0.1, -0.05) is 38.0 Å². The van der Waals surface area contributed by atoms with Gasteiger partial charge in [0, 0.05) is 12.3 Å². The third-order valence-corrected chi connectivity index (χ3v) is 14.1. The van der Waals surface area contributed by atoms with Crippen LogP contribution in [0.2, 0.25) is 0 Å². The molecule has 3 aromatic rings. The molecule has 3 fully saturated rings. The first-order valence-electron chi connectivity index (χ1n) is 18.4. The third-order valence-electron chi connectivity index (χ3n) is 11.0. The largest absolute Gasteiger partial charge is 0.471 e. The minimum atomic E-state index is -4.01. The molecule has 1 saturated heterocycles. The molecule has 17 heteroatoms. The van der Waals surface area contributed by atoms with Crippen molar-refractivity contribution in [3.05, 3.63) is 57.9 Å². The van der Waals surface area contributed by atoms with Crippen molar-refractivity contribution in [1.82, 2.24) is 35.2 Å². The van der Waals surface area contributed by atoms with E-state index in [-0.39, 0.29) is 30.8 Å². The predicted molar refractivity (Wildman–Crippen MR) is 197 cm³/mol. The quantitative estimate of drug-likeness (QED) is 0.285. The van der Waals surface area contributed by atoms with Crippen molar-refractivity contribution < 1.29 is 36.7 Å². The van der Waals surface area contributed by atoms with E-state index < -0.39 is 73.9 Å². The molecule has 0 radical (unpaired) electrons. The molecule has 2 saturated carbocycles. The third kappa shape index (κ3) is 7.31. The van der Waals surface area contributed by atoms with Crippen LogP contribution in [0.3, 0.4) is 0 Å². The zero-order valence-corrected chi connectivity index (χ0v) is 32.0. The Morgan fingerprint density at radius 3 is 2.69 bits per heavy atom. The molecule has 4 amide bonds. The molecular weight excluding hydrogens is 738 g/mol. The molecule has 288 valence electrons. The number of thiazole rings is 1. The number of aromatic nitrogens is 3. The second-order valence-electron chi connectivity index (χ2n) is 14.9. The Morgan fingerprint density at radius 1 is 1.17 bits per heavy atom. The predicted octanol–water partition coefficient (Wildman–Crippen LogP) is 3.64. The van der Waals surface area contributed by atoms with Crippen LogP contribution in [0.25, 0.3) is 11.0 Å². The molecule has 0 spiro atoms. The summed E-state index contributed by atoms with van der Waals surface area (Å²) < 4.78 is 48.6. The lowest BCUT2D eigenvalue weighted by atomic mass is 10.0. The van der Waals surface area contributed by atoms with Crippen molar-refractivity contribution >= 4 is 56.0 Å². The first kappa shape index (κ1) is 37.8. The standard InChI is InChI=1S/C37H44FN7O7S2/c1-4-25-33(42-29-24(38)12-10-14-26(29)40-25)52-23-17-28-31(46)43-37(35(49)44-54(50,51)36(3)15-16-36)18-22(37)11-8-6-5-7-9-13-27(34(48)45(28)19-23)41-32(47)30-21(2)39-20-53-30/h8,10-12,14,20,22-23,27-28H,4-7,9,13,15-19H2,1-3H3,(H,41,47)(H,43,46)(H,44,49)/t22-,23-,27+,28+,37-/m1/s1. The van der Waals surface area contributed by atoms with Crippen LogP contribution in [0.1, 0.15) is 92.7 Å². The molecule has 14 nitrogen and oxygen atoms in total. The van der Waals surface area contributed by atoms with Gasteiger partial charge in [-0.15, -0.1) is 11.3 Å². The lowest BCUT2D eigenvalue weighted by Gasteiger charge is -2.30. The van der Waals surface area contributed by atoms with E-state index in [9.17, 15) is 32.0 Å². The Balaban J connectivity index is 1.21. The molecule has 7 rings (SSSR count). The van der Waals surface area contributed by atoms with Crippen molar-refractivity contribution in [3.8, 4) is 5.88 Å². The highest BCUT2D eigenvalue weighted by Gasteiger charge is 2.63. The Hall–Kier alpha value is -4.51. The second kappa shape index (κ2) is 14.6. The Bertz CT molecular complexity index is 2140. The van der Waals surface area contributed by atoms with Crippen LogP contribution in [0.4, 0.5) is 4.39 Å². The molecule has 2 aliphatic heterocycles. The lowest BCUT2D eigenvalue weighted by molar-refractivity contribution is -0.141. The molecule has 3 N–H and O–H groups in total. The normalized spacial score (nSPS) is 26.9. The van der Waals surface area contributed by atoms with Gasteiger partial charge in [0.25, 0.3) is 11.8 Å². The van der Waals surface area contributed by atoms with E-state index in [1.54, 1.807) is 31.5 Å². The Kier molecular flexibility index (Phi) is 10.2. The SMILES string of the molecule is CCc1nc2cccc(F)c2nc1O[C@@H]1C[C@H]2C(=O)N[C@]3(C(=O)NS(=O)(=O)C4(C)CC4)C[C@H]3C=CCCCCC[C@H](NC(=O)c3scnc3C)C(=O)N2C1. The van der Waals surface area contributed by atoms with Gasteiger partial charge >= 0.3 is 0 Å². The highest BCUT2D eigenvalue weighted by Crippen LogP contribution is 2.47. The summed E-state index contributed by atoms with van der Waals surface area (Å²) in [5.41, 5.74) is 1.37. The number of para-hydroxylation sites is 1. The van der Waals surface area contributed by atoms with Gasteiger partial charge < -0.3 is 20.3 Å². The number of fused-ring (bicyclic) bond motifs is 3. The fraction of sp³-hybridized carbons (Fsp3) is 0.541. The first-order valence-corrected chi connectivity index (χ1v) is 20.8. The van der Waals surface area contributed by atoms with Crippen LogP contribution >= 0.6 is 11.3 Å². The van der Waals surface area contributed by atoms with Crippen molar-refractivity contribution in [1.29, 1.82) is 0 Å². The summed E-state index contributed by atoms with van der Waals surface area (Å²) in [4.78, 5) is 71.1. The van der Waals surface area contributed by atoms with Crippen LogP contribution in [-0.4, -0.2) is 86.9 Å². The van der Waals surface area contributed by atoms with E-state index in [0.717, 1.165) is 24.2 Å². The number of carbonyl (C=O) groups is 4. The average molecular weight is 782 g/mol. The first-order chi connectivity index (χ1) is 25.7. The van der Waals surface area contributed by atoms with E-state index >= 15 is 0 Å². The van der Waals surface area contributed by atoms with Gasteiger partial charge in [-0.25, -0.2) is 27.8 Å². The van der Waals surface area contributed by atoms with Crippen LogP contribution in [0, 0.1) is 18.7 Å². The van der Waals surface area contributed by atoms with Crippen LogP contribution < -0.4 is 20.1 Å². The van der Waals surface area contributed by atoms with Gasteiger partial charge in [-0.3, -0.25) is 23.9 Å². The summed E-state index contributed by atoms with van der Waals surface area (Å²) in [5.74, 6) is -3.42. The summed E-state index contributed by atoms with van der Waals surface area (Å²) in [5, 5.41) is 5.75. The number of hydrogen-bond donors (Lipinski definition) is 3. The van der Waals surface area contributed by atoms with Crippen molar-refractivity contribution in [2.75, 3.05) is 6.54 Å². The van der Waals surface area contributed by atoms with Gasteiger partial charge in [-0.05, 0) is 70.9 Å². The minimum Gasteiger partial charge on any atom is -0.471 e. The molecule has 2 aliphatic carbocycles. The number of rotatable bonds is 8. The molecule has 0 unspecified atom stereocenters. The Morgan fingerprint density at radius 2 is 1.96 bits per heavy atom. The van der Waals surface area contributed by atoms with E-state index in [1.165, 1.54) is 11.0 Å². The molecule has 1 aromatic carbocycles. The van der Waals surface area contributed by atoms with Crippen LogP contribution in [-0.2, 0) is 30.8 Å². The number of carbonyl (C=O) groups excluding carboxylic acids is 4. The molecule has 54 heavy (non-hydrogen) atoms. The monoisotopic (exact) mass is 781 g/mol. The maximum atomic E-state index is 14.8. The number of sulfonamides is 1. The number of benzene rings is 1. The number of amides is 4. The number of allylic oxidation sites excluding steroid dienone is 1. The molecule has 5 atom stereocenters. The average Bonchev–Trinajstić information content (AvgIpc) is 3.94. The molecule has 2 aromatic heterocycles. The number of nitrogens with one attached hydrogen (secondary N) is 3. The van der Waals surface area contributed by atoms with Gasteiger partial charge in [0.2, 0.25) is 27.7 Å². The zero-order chi connectivity index (χ0) is 38.4. The summed E-state index contributed by atoms with van der Waals surface area (Å²) in [6, 6.07) is 2.30. The number of halogens is 1. The summed E-state index contributed by atoms with van der Waals surface area (Å²) in [6.45, 7) is 5.05. The van der Waals surface area contributed by atoms with Crippen LogP contribution in [0.15, 0.2) is 35.9 Å². The summed E-state index contributed by atoms with van der Waals surface area (Å²) in [7, 11) is -4.01. The summed E-state index contributed by atoms with van der Waals surface area (Å²) in [6.07, 6.45) is 7.52. The van der Waals surface area contributed by atoms with E-state index in [4.69, 9.17) is 4.74 Å². The lowest BCUT2D eigenvalue weighted by Crippen LogP contribution is -2.58. The molecular formula is C37H44FN7O7S2. The fourth-order valence-corrected chi connectivity index (χ4v) is 9.25. The molecule has 4 aliphatic rings. The number of nitrogens with zero attached hydrogens (tertiary/aromatic N) is 4. The molecule has 0 bridgehead atoms. The number of aryl methyl sites for hydroxylation is 2. The number of ether oxygens (including phenoxy) is 1. The van der Waals surface area contributed by atoms with Gasteiger partial charge in [0.15, 0.2) is 5.82 Å².